The summed E-state index contributed by atoms with van der Waals surface area (Å²) in [4.78, 5) is 12.3. The molecule has 3 rings (SSSR count). The summed E-state index contributed by atoms with van der Waals surface area (Å²) in [5.74, 6) is 0.752. The van der Waals surface area contributed by atoms with Crippen molar-refractivity contribution in [2.75, 3.05) is 13.1 Å². The van der Waals surface area contributed by atoms with E-state index in [2.05, 4.69) is 17.6 Å². The molecule has 5 heteroatoms. The lowest BCUT2D eigenvalue weighted by Gasteiger charge is -2.27. The summed E-state index contributed by atoms with van der Waals surface area (Å²) in [6.45, 7) is 3.64. The van der Waals surface area contributed by atoms with Crippen molar-refractivity contribution in [3.8, 4) is 5.75 Å². The molecule has 0 radical (unpaired) electrons. The Bertz CT molecular complexity index is 735. The van der Waals surface area contributed by atoms with Gasteiger partial charge in [0.05, 0.1) is 6.10 Å². The van der Waals surface area contributed by atoms with Gasteiger partial charge in [0.15, 0.2) is 0 Å². The molecule has 144 valence electrons. The Balaban J connectivity index is 1.50. The molecule has 3 atom stereocenters. The Morgan fingerprint density at radius 1 is 1.26 bits per heavy atom. The molecule has 1 unspecified atom stereocenters. The highest BCUT2D eigenvalue weighted by Crippen LogP contribution is 2.21. The molecule has 3 N–H and O–H groups in total. The smallest absolute Gasteiger partial charge is 0.223 e. The number of carbonyl (C=O) groups is 1. The van der Waals surface area contributed by atoms with Gasteiger partial charge in [0, 0.05) is 18.5 Å². The van der Waals surface area contributed by atoms with E-state index < -0.39 is 6.10 Å². The lowest BCUT2D eigenvalue weighted by molar-refractivity contribution is -0.126. The van der Waals surface area contributed by atoms with Gasteiger partial charge >= 0.3 is 0 Å². The summed E-state index contributed by atoms with van der Waals surface area (Å²) >= 11 is 0. The predicted molar refractivity (Wildman–Crippen MR) is 105 cm³/mol. The number of carbonyl (C=O) groups excluding carboxylic acids is 1. The SMILES string of the molecule is C[C@H]1C[C@@H](C(=O)NCC(O)c2cccc(OCc3ccccc3)c2)CCN1. The molecule has 0 bridgehead atoms. The van der Waals surface area contributed by atoms with Crippen molar-refractivity contribution in [1.82, 2.24) is 10.6 Å². The predicted octanol–water partition coefficient (Wildman–Crippen LogP) is 2.80. The Kier molecular flexibility index (Phi) is 6.85. The van der Waals surface area contributed by atoms with E-state index in [-0.39, 0.29) is 18.4 Å². The fourth-order valence-corrected chi connectivity index (χ4v) is 3.38. The summed E-state index contributed by atoms with van der Waals surface area (Å²) in [7, 11) is 0. The summed E-state index contributed by atoms with van der Waals surface area (Å²) in [5, 5.41) is 16.7. The van der Waals surface area contributed by atoms with Crippen LogP contribution in [0.5, 0.6) is 5.75 Å². The molecular weight excluding hydrogens is 340 g/mol. The van der Waals surface area contributed by atoms with Crippen LogP contribution in [0, 0.1) is 5.92 Å². The second-order valence-corrected chi connectivity index (χ2v) is 7.18. The minimum atomic E-state index is -0.756. The van der Waals surface area contributed by atoms with Crippen LogP contribution in [0.25, 0.3) is 0 Å². The van der Waals surface area contributed by atoms with Gasteiger partial charge in [0.25, 0.3) is 0 Å². The van der Waals surface area contributed by atoms with E-state index in [0.717, 1.165) is 30.5 Å². The normalized spacial score (nSPS) is 20.7. The van der Waals surface area contributed by atoms with Gasteiger partial charge in [0.1, 0.15) is 12.4 Å². The van der Waals surface area contributed by atoms with Gasteiger partial charge in [-0.1, -0.05) is 42.5 Å². The lowest BCUT2D eigenvalue weighted by Crippen LogP contribution is -2.43. The Morgan fingerprint density at radius 2 is 2.07 bits per heavy atom. The maximum atomic E-state index is 12.3. The first-order valence-electron chi connectivity index (χ1n) is 9.57. The second-order valence-electron chi connectivity index (χ2n) is 7.18. The van der Waals surface area contributed by atoms with Crippen molar-refractivity contribution >= 4 is 5.91 Å². The summed E-state index contributed by atoms with van der Waals surface area (Å²) in [6, 6.07) is 17.7. The van der Waals surface area contributed by atoms with Crippen LogP contribution in [0.3, 0.4) is 0 Å². The van der Waals surface area contributed by atoms with Crippen LogP contribution >= 0.6 is 0 Å². The Morgan fingerprint density at radius 3 is 2.85 bits per heavy atom. The summed E-state index contributed by atoms with van der Waals surface area (Å²) in [5.41, 5.74) is 1.83. The molecule has 2 aromatic carbocycles. The van der Waals surface area contributed by atoms with Crippen molar-refractivity contribution in [3.05, 3.63) is 65.7 Å². The van der Waals surface area contributed by atoms with E-state index in [1.165, 1.54) is 0 Å². The molecule has 0 aliphatic carbocycles. The van der Waals surface area contributed by atoms with Crippen LogP contribution in [0.4, 0.5) is 0 Å². The van der Waals surface area contributed by atoms with Gasteiger partial charge in [-0.05, 0) is 49.6 Å². The zero-order valence-corrected chi connectivity index (χ0v) is 15.7. The molecule has 0 aromatic heterocycles. The number of hydrogen-bond acceptors (Lipinski definition) is 4. The monoisotopic (exact) mass is 368 g/mol. The largest absolute Gasteiger partial charge is 0.489 e. The molecule has 5 nitrogen and oxygen atoms in total. The second kappa shape index (κ2) is 9.53. The van der Waals surface area contributed by atoms with Crippen molar-refractivity contribution in [1.29, 1.82) is 0 Å². The van der Waals surface area contributed by atoms with E-state index in [0.29, 0.717) is 18.4 Å². The minimum absolute atomic E-state index is 0.0222. The van der Waals surface area contributed by atoms with Crippen molar-refractivity contribution in [2.24, 2.45) is 5.92 Å². The van der Waals surface area contributed by atoms with E-state index in [1.54, 1.807) is 0 Å². The fourth-order valence-electron chi connectivity index (χ4n) is 3.38. The third-order valence-corrected chi connectivity index (χ3v) is 4.96. The number of ether oxygens (including phenoxy) is 1. The lowest BCUT2D eigenvalue weighted by atomic mass is 9.92. The number of hydrogen-bond donors (Lipinski definition) is 3. The maximum absolute atomic E-state index is 12.3. The highest BCUT2D eigenvalue weighted by Gasteiger charge is 2.25. The van der Waals surface area contributed by atoms with Crippen LogP contribution in [0.15, 0.2) is 54.6 Å². The fraction of sp³-hybridized carbons (Fsp3) is 0.409. The van der Waals surface area contributed by atoms with Crippen molar-refractivity contribution < 1.29 is 14.6 Å². The zero-order chi connectivity index (χ0) is 19.1. The molecule has 1 aliphatic rings. The van der Waals surface area contributed by atoms with Gasteiger partial charge in [-0.3, -0.25) is 4.79 Å². The quantitative estimate of drug-likeness (QED) is 0.703. The van der Waals surface area contributed by atoms with Gasteiger partial charge in [-0.15, -0.1) is 0 Å². The van der Waals surface area contributed by atoms with E-state index in [1.807, 2.05) is 54.6 Å². The number of benzene rings is 2. The Labute approximate surface area is 160 Å². The summed E-state index contributed by atoms with van der Waals surface area (Å²) < 4.78 is 5.81. The first-order valence-corrected chi connectivity index (χ1v) is 9.57. The van der Waals surface area contributed by atoms with Crippen molar-refractivity contribution in [3.63, 3.8) is 0 Å². The van der Waals surface area contributed by atoms with Crippen LogP contribution < -0.4 is 15.4 Å². The van der Waals surface area contributed by atoms with Gasteiger partial charge in [-0.2, -0.15) is 0 Å². The van der Waals surface area contributed by atoms with Crippen LogP contribution in [-0.2, 0) is 11.4 Å². The summed E-state index contributed by atoms with van der Waals surface area (Å²) in [6.07, 6.45) is 0.924. The topological polar surface area (TPSA) is 70.6 Å². The Hall–Kier alpha value is -2.37. The number of amides is 1. The number of rotatable bonds is 7. The van der Waals surface area contributed by atoms with E-state index in [9.17, 15) is 9.90 Å². The number of piperidine rings is 1. The molecule has 0 saturated carbocycles. The van der Waals surface area contributed by atoms with Crippen LogP contribution in [0.1, 0.15) is 37.0 Å². The maximum Gasteiger partial charge on any atom is 0.223 e. The van der Waals surface area contributed by atoms with E-state index >= 15 is 0 Å². The average Bonchev–Trinajstić information content (AvgIpc) is 2.71. The van der Waals surface area contributed by atoms with E-state index in [4.69, 9.17) is 4.74 Å². The molecule has 1 heterocycles. The minimum Gasteiger partial charge on any atom is -0.489 e. The van der Waals surface area contributed by atoms with Gasteiger partial charge in [-0.25, -0.2) is 0 Å². The first-order chi connectivity index (χ1) is 13.1. The number of aliphatic hydroxyl groups excluding tert-OH is 1. The average molecular weight is 368 g/mol. The van der Waals surface area contributed by atoms with Crippen LogP contribution in [0.2, 0.25) is 0 Å². The molecule has 1 aliphatic heterocycles. The highest BCUT2D eigenvalue weighted by molar-refractivity contribution is 5.78. The third kappa shape index (κ3) is 5.81. The molecule has 0 spiro atoms. The standard InChI is InChI=1S/C22H28N2O3/c1-16-12-19(10-11-23-16)22(26)24-14-21(25)18-8-5-9-20(13-18)27-15-17-6-3-2-4-7-17/h2-9,13,16,19,21,23,25H,10-12,14-15H2,1H3,(H,24,26)/t16-,19-,21?/m0/s1. The number of aliphatic hydroxyl groups is 1. The van der Waals surface area contributed by atoms with Gasteiger partial charge < -0.3 is 20.5 Å². The first kappa shape index (κ1) is 19.4. The zero-order valence-electron chi connectivity index (χ0n) is 15.7. The van der Waals surface area contributed by atoms with Crippen molar-refractivity contribution in [2.45, 2.75) is 38.5 Å². The molecule has 1 fully saturated rings. The molecule has 1 saturated heterocycles. The molecule has 2 aromatic rings. The number of nitrogens with one attached hydrogen (secondary N) is 2. The molecule has 27 heavy (non-hydrogen) atoms. The molecule has 1 amide bonds. The highest BCUT2D eigenvalue weighted by atomic mass is 16.5. The van der Waals surface area contributed by atoms with Crippen LogP contribution in [-0.4, -0.2) is 30.1 Å². The van der Waals surface area contributed by atoms with Gasteiger partial charge in [0.2, 0.25) is 5.91 Å². The molecular formula is C22H28N2O3. The third-order valence-electron chi connectivity index (χ3n) is 4.96.